The van der Waals surface area contributed by atoms with Crippen LogP contribution in [0.2, 0.25) is 5.02 Å². The number of amides is 1. The molecule has 2 aromatic heterocycles. The number of fused-ring (bicyclic) bond motifs is 2. The van der Waals surface area contributed by atoms with Gasteiger partial charge in [-0.1, -0.05) is 18.5 Å². The van der Waals surface area contributed by atoms with E-state index in [1.165, 1.54) is 0 Å². The lowest BCUT2D eigenvalue weighted by Gasteiger charge is -2.21. The molecule has 0 aliphatic carbocycles. The molecule has 36 heavy (non-hydrogen) atoms. The highest BCUT2D eigenvalue weighted by Crippen LogP contribution is 2.41. The number of aliphatic hydroxyl groups excluding tert-OH is 1. The molecule has 0 saturated heterocycles. The van der Waals surface area contributed by atoms with Gasteiger partial charge in [0.1, 0.15) is 12.6 Å². The molecule has 9 nitrogen and oxygen atoms in total. The lowest BCUT2D eigenvalue weighted by Crippen LogP contribution is -2.28. The van der Waals surface area contributed by atoms with Crippen LogP contribution >= 0.6 is 11.6 Å². The van der Waals surface area contributed by atoms with Crippen molar-refractivity contribution in [1.82, 2.24) is 19.9 Å². The number of hydrogen-bond acceptors (Lipinski definition) is 7. The number of nitrogens with zero attached hydrogens (tertiary/aromatic N) is 4. The van der Waals surface area contributed by atoms with Crippen molar-refractivity contribution in [3.8, 4) is 17.3 Å². The van der Waals surface area contributed by atoms with Crippen LogP contribution in [-0.2, 0) is 16.8 Å². The summed E-state index contributed by atoms with van der Waals surface area (Å²) in [6, 6.07) is 13.3. The lowest BCUT2D eigenvalue weighted by atomic mass is 9.83. The number of rotatable bonds is 6. The maximum absolute atomic E-state index is 11.9. The molecule has 4 aromatic rings. The van der Waals surface area contributed by atoms with Gasteiger partial charge in [-0.2, -0.15) is 5.26 Å². The highest BCUT2D eigenvalue weighted by Gasteiger charge is 2.36. The highest BCUT2D eigenvalue weighted by atomic mass is 35.5. The summed E-state index contributed by atoms with van der Waals surface area (Å²) in [5, 5.41) is 30.2. The fraction of sp³-hybridized carbons (Fsp3) is 0.231. The monoisotopic (exact) mass is 503 g/mol. The van der Waals surface area contributed by atoms with Crippen LogP contribution in [-0.4, -0.2) is 45.7 Å². The second kappa shape index (κ2) is 9.15. The Bertz CT molecular complexity index is 1550. The van der Waals surface area contributed by atoms with E-state index < -0.39 is 5.41 Å². The van der Waals surface area contributed by atoms with Gasteiger partial charge in [0.05, 0.1) is 34.8 Å². The molecule has 10 heteroatoms. The first-order valence-corrected chi connectivity index (χ1v) is 11.8. The molecule has 5 rings (SSSR count). The minimum absolute atomic E-state index is 0. The molecule has 0 bridgehead atoms. The SMILES string of the molecule is CNC(=O)Cn1ccc2c(Nc3nccc(-c4cc(C#N)c5c(c4)C(C)(CO)CN5)n3)cc(Cl)cc21.[HH]. The van der Waals surface area contributed by atoms with Gasteiger partial charge in [-0.15, -0.1) is 0 Å². The Hall–Kier alpha value is -4.13. The predicted octanol–water partition coefficient (Wildman–Crippen LogP) is 4.03. The van der Waals surface area contributed by atoms with E-state index in [9.17, 15) is 15.2 Å². The number of hydrogen-bond donors (Lipinski definition) is 4. The molecule has 1 unspecified atom stereocenters. The van der Waals surface area contributed by atoms with Crippen molar-refractivity contribution >= 4 is 45.7 Å². The summed E-state index contributed by atoms with van der Waals surface area (Å²) in [6.07, 6.45) is 3.48. The van der Waals surface area contributed by atoms with Gasteiger partial charge in [0.15, 0.2) is 0 Å². The molecule has 0 spiro atoms. The third-order valence-corrected chi connectivity index (χ3v) is 6.78. The van der Waals surface area contributed by atoms with Crippen LogP contribution in [0.5, 0.6) is 0 Å². The number of likely N-dealkylation sites (N-methyl/N-ethyl adjacent to an activating group) is 1. The maximum Gasteiger partial charge on any atom is 0.239 e. The number of carbonyl (C=O) groups is 1. The summed E-state index contributed by atoms with van der Waals surface area (Å²) in [7, 11) is 1.60. The fourth-order valence-electron chi connectivity index (χ4n) is 4.50. The van der Waals surface area contributed by atoms with Crippen LogP contribution < -0.4 is 16.0 Å². The molecule has 0 saturated carbocycles. The molecule has 4 N–H and O–H groups in total. The van der Waals surface area contributed by atoms with Gasteiger partial charge in [-0.05, 0) is 42.0 Å². The lowest BCUT2D eigenvalue weighted by molar-refractivity contribution is -0.121. The van der Waals surface area contributed by atoms with Crippen molar-refractivity contribution < 1.29 is 11.3 Å². The van der Waals surface area contributed by atoms with Crippen LogP contribution in [0.1, 0.15) is 19.5 Å². The Balaban J connectivity index is 0.00000320. The molecular formula is C26H26ClN7O2. The summed E-state index contributed by atoms with van der Waals surface area (Å²) < 4.78 is 1.82. The number of benzene rings is 2. The zero-order chi connectivity index (χ0) is 25.4. The van der Waals surface area contributed by atoms with Gasteiger partial charge >= 0.3 is 0 Å². The molecule has 1 aliphatic rings. The number of carbonyl (C=O) groups excluding carboxylic acids is 1. The first kappa shape index (κ1) is 23.6. The van der Waals surface area contributed by atoms with Crippen LogP contribution in [0.15, 0.2) is 48.8 Å². The summed E-state index contributed by atoms with van der Waals surface area (Å²) in [4.78, 5) is 21.0. The Labute approximate surface area is 214 Å². The quantitative estimate of drug-likeness (QED) is 0.312. The van der Waals surface area contributed by atoms with Gasteiger partial charge in [0.2, 0.25) is 11.9 Å². The van der Waals surface area contributed by atoms with Crippen molar-refractivity contribution in [3.05, 3.63) is 64.9 Å². The second-order valence-corrected chi connectivity index (χ2v) is 9.46. The molecule has 0 fully saturated rings. The molecule has 3 heterocycles. The minimum atomic E-state index is -0.487. The summed E-state index contributed by atoms with van der Waals surface area (Å²) >= 11 is 6.39. The second-order valence-electron chi connectivity index (χ2n) is 9.02. The Morgan fingerprint density at radius 2 is 2.19 bits per heavy atom. The van der Waals surface area contributed by atoms with Crippen molar-refractivity contribution in [2.75, 3.05) is 30.8 Å². The third kappa shape index (κ3) is 4.11. The van der Waals surface area contributed by atoms with Crippen LogP contribution in [0, 0.1) is 11.3 Å². The zero-order valence-corrected chi connectivity index (χ0v) is 20.5. The van der Waals surface area contributed by atoms with Crippen LogP contribution in [0.4, 0.5) is 17.3 Å². The van der Waals surface area contributed by atoms with Crippen molar-refractivity contribution in [2.24, 2.45) is 0 Å². The fourth-order valence-corrected chi connectivity index (χ4v) is 4.71. The standard InChI is InChI=1S/C26H24ClN7O2.H2/c1-26(14-35)13-31-24-16(11-28)7-15(8-19(24)26)20-3-5-30-25(32-20)33-21-9-17(27)10-22-18(21)4-6-34(22)12-23(36)29-2;/h3-10,31,35H,12-14H2,1-2H3,(H,29,36)(H,30,32,33);1H. The topological polar surface area (TPSA) is 128 Å². The maximum atomic E-state index is 11.9. The van der Waals surface area contributed by atoms with E-state index in [2.05, 4.69) is 32.0 Å². The minimum Gasteiger partial charge on any atom is -0.395 e. The normalized spacial score (nSPS) is 16.3. The summed E-state index contributed by atoms with van der Waals surface area (Å²) in [5.41, 5.74) is 4.56. The molecular weight excluding hydrogens is 478 g/mol. The van der Waals surface area contributed by atoms with Gasteiger partial charge in [-0.25, -0.2) is 9.97 Å². The van der Waals surface area contributed by atoms with Crippen LogP contribution in [0.3, 0.4) is 0 Å². The molecule has 1 aliphatic heterocycles. The van der Waals surface area contributed by atoms with Gasteiger partial charge < -0.3 is 25.6 Å². The van der Waals surface area contributed by atoms with Crippen molar-refractivity contribution in [1.29, 1.82) is 5.26 Å². The molecule has 1 amide bonds. The molecule has 2 aromatic carbocycles. The first-order valence-electron chi connectivity index (χ1n) is 11.4. The number of nitriles is 1. The molecule has 1 atom stereocenters. The number of aromatic nitrogens is 3. The number of nitrogens with one attached hydrogen (secondary N) is 3. The van der Waals surface area contributed by atoms with E-state index >= 15 is 0 Å². The number of aliphatic hydroxyl groups is 1. The molecule has 0 radical (unpaired) electrons. The highest BCUT2D eigenvalue weighted by molar-refractivity contribution is 6.32. The average Bonchev–Trinajstić information content (AvgIpc) is 3.44. The van der Waals surface area contributed by atoms with Crippen LogP contribution in [0.25, 0.3) is 22.2 Å². The van der Waals surface area contributed by atoms with E-state index in [0.29, 0.717) is 34.5 Å². The predicted molar refractivity (Wildman–Crippen MR) is 142 cm³/mol. The van der Waals surface area contributed by atoms with Gasteiger partial charge in [-0.3, -0.25) is 4.79 Å². The Morgan fingerprint density at radius 1 is 1.36 bits per heavy atom. The van der Waals surface area contributed by atoms with E-state index in [1.807, 2.05) is 35.9 Å². The summed E-state index contributed by atoms with van der Waals surface area (Å²) in [6.45, 7) is 2.65. The van der Waals surface area contributed by atoms with E-state index in [0.717, 1.165) is 27.7 Å². The van der Waals surface area contributed by atoms with E-state index in [4.69, 9.17) is 11.6 Å². The molecule has 184 valence electrons. The smallest absolute Gasteiger partial charge is 0.239 e. The van der Waals surface area contributed by atoms with E-state index in [-0.39, 0.29) is 20.5 Å². The van der Waals surface area contributed by atoms with Gasteiger partial charge in [0.25, 0.3) is 0 Å². The first-order chi connectivity index (χ1) is 17.3. The summed E-state index contributed by atoms with van der Waals surface area (Å²) in [5.74, 6) is 0.244. The largest absolute Gasteiger partial charge is 0.395 e. The third-order valence-electron chi connectivity index (χ3n) is 6.56. The number of halogens is 1. The van der Waals surface area contributed by atoms with Crippen molar-refractivity contribution in [2.45, 2.75) is 18.9 Å². The van der Waals surface area contributed by atoms with Gasteiger partial charge in [0, 0.05) is 48.8 Å². The Morgan fingerprint density at radius 3 is 2.94 bits per heavy atom. The zero-order valence-electron chi connectivity index (χ0n) is 19.8. The number of anilines is 3. The Kier molecular flexibility index (Phi) is 6.00. The van der Waals surface area contributed by atoms with Crippen molar-refractivity contribution in [3.63, 3.8) is 0 Å². The van der Waals surface area contributed by atoms with E-state index in [1.54, 1.807) is 31.4 Å². The average molecular weight is 504 g/mol.